The summed E-state index contributed by atoms with van der Waals surface area (Å²) in [4.78, 5) is 6.28. The topological polar surface area (TPSA) is 49.4 Å². The molecule has 2 N–H and O–H groups in total. The molecule has 0 aliphatic carbocycles. The van der Waals surface area contributed by atoms with Crippen molar-refractivity contribution in [3.8, 4) is 0 Å². The van der Waals surface area contributed by atoms with Crippen LogP contribution in [-0.4, -0.2) is 56.8 Å². The Hall–Kier alpha value is -1.33. The summed E-state index contributed by atoms with van der Waals surface area (Å²) < 4.78 is 5.50. The van der Waals surface area contributed by atoms with Crippen LogP contribution in [-0.2, 0) is 4.74 Å². The van der Waals surface area contributed by atoms with Crippen LogP contribution in [0.1, 0.15) is 6.92 Å². The van der Waals surface area contributed by atoms with E-state index >= 15 is 0 Å². The Labute approximate surface area is 110 Å². The summed E-state index contributed by atoms with van der Waals surface area (Å²) >= 11 is 0. The van der Waals surface area contributed by atoms with Crippen LogP contribution in [0, 0.1) is 0 Å². The van der Waals surface area contributed by atoms with E-state index in [0.29, 0.717) is 6.61 Å². The van der Waals surface area contributed by atoms with Crippen LogP contribution in [0.15, 0.2) is 18.5 Å². The molecule has 0 spiro atoms. The van der Waals surface area contributed by atoms with E-state index in [2.05, 4.69) is 33.5 Å². The van der Waals surface area contributed by atoms with Gasteiger partial charge in [0.15, 0.2) is 0 Å². The maximum absolute atomic E-state index is 5.50. The highest BCUT2D eigenvalue weighted by atomic mass is 16.5. The Balaban J connectivity index is 2.16. The number of nitrogens with zero attached hydrogens (tertiary/aromatic N) is 2. The summed E-state index contributed by atoms with van der Waals surface area (Å²) in [5, 5.41) is 6.52. The summed E-state index contributed by atoms with van der Waals surface area (Å²) in [5.41, 5.74) is 2.06. The second kappa shape index (κ2) is 8.72. The molecule has 0 radical (unpaired) electrons. The van der Waals surface area contributed by atoms with E-state index in [1.165, 1.54) is 0 Å². The van der Waals surface area contributed by atoms with Gasteiger partial charge in [-0.05, 0) is 27.1 Å². The number of pyridine rings is 1. The van der Waals surface area contributed by atoms with E-state index in [1.807, 2.05) is 26.5 Å². The van der Waals surface area contributed by atoms with Crippen molar-refractivity contribution >= 4 is 11.4 Å². The average Bonchev–Trinajstić information content (AvgIpc) is 2.34. The number of likely N-dealkylation sites (N-methyl/N-ethyl adjacent to an activating group) is 1. The molecule has 1 heterocycles. The predicted octanol–water partition coefficient (Wildman–Crippen LogP) is 1.50. The molecular weight excluding hydrogens is 228 g/mol. The predicted molar refractivity (Wildman–Crippen MR) is 76.3 cm³/mol. The van der Waals surface area contributed by atoms with Crippen molar-refractivity contribution in [1.29, 1.82) is 0 Å². The van der Waals surface area contributed by atoms with Gasteiger partial charge in [-0.15, -0.1) is 0 Å². The van der Waals surface area contributed by atoms with Gasteiger partial charge in [-0.1, -0.05) is 0 Å². The molecule has 1 rings (SSSR count). The van der Waals surface area contributed by atoms with Gasteiger partial charge in [-0.3, -0.25) is 4.98 Å². The van der Waals surface area contributed by atoms with Crippen molar-refractivity contribution in [2.24, 2.45) is 0 Å². The monoisotopic (exact) mass is 252 g/mol. The minimum atomic E-state index is 0.708. The molecule has 1 aromatic heterocycles. The van der Waals surface area contributed by atoms with Crippen LogP contribution in [0.4, 0.5) is 11.4 Å². The fourth-order valence-electron chi connectivity index (χ4n) is 1.45. The standard InChI is InChI=1S/C13H24N4O/c1-4-15-12-9-13(11-14-10-12)16-5-7-18-8-6-17(2)3/h9-11,15-16H,4-8H2,1-3H3. The van der Waals surface area contributed by atoms with Crippen LogP contribution in [0.25, 0.3) is 0 Å². The normalized spacial score (nSPS) is 10.7. The zero-order valence-corrected chi connectivity index (χ0v) is 11.6. The van der Waals surface area contributed by atoms with Gasteiger partial charge in [0.1, 0.15) is 0 Å². The lowest BCUT2D eigenvalue weighted by atomic mass is 10.3. The molecule has 0 aromatic carbocycles. The van der Waals surface area contributed by atoms with Gasteiger partial charge in [0.05, 0.1) is 37.0 Å². The van der Waals surface area contributed by atoms with E-state index in [-0.39, 0.29) is 0 Å². The Kier molecular flexibility index (Phi) is 7.13. The first-order valence-electron chi connectivity index (χ1n) is 6.37. The quantitative estimate of drug-likeness (QED) is 0.652. The van der Waals surface area contributed by atoms with Gasteiger partial charge >= 0.3 is 0 Å². The summed E-state index contributed by atoms with van der Waals surface area (Å²) in [5.74, 6) is 0. The number of rotatable bonds is 9. The molecule has 0 atom stereocenters. The summed E-state index contributed by atoms with van der Waals surface area (Å²) in [6.07, 6.45) is 3.64. The van der Waals surface area contributed by atoms with Crippen molar-refractivity contribution in [3.63, 3.8) is 0 Å². The molecule has 0 unspecified atom stereocenters. The van der Waals surface area contributed by atoms with Crippen LogP contribution >= 0.6 is 0 Å². The molecule has 18 heavy (non-hydrogen) atoms. The molecule has 0 fully saturated rings. The summed E-state index contributed by atoms with van der Waals surface area (Å²) in [6, 6.07) is 2.05. The molecule has 0 amide bonds. The average molecular weight is 252 g/mol. The molecule has 0 saturated heterocycles. The lowest BCUT2D eigenvalue weighted by Crippen LogP contribution is -2.20. The highest BCUT2D eigenvalue weighted by Crippen LogP contribution is 2.11. The minimum absolute atomic E-state index is 0.708. The van der Waals surface area contributed by atoms with Crippen molar-refractivity contribution in [2.45, 2.75) is 6.92 Å². The SMILES string of the molecule is CCNc1cncc(NCCOCCN(C)C)c1. The number of ether oxygens (including phenoxy) is 1. The van der Waals surface area contributed by atoms with E-state index in [9.17, 15) is 0 Å². The third-order valence-electron chi connectivity index (χ3n) is 2.38. The van der Waals surface area contributed by atoms with Gasteiger partial charge in [0, 0.05) is 19.6 Å². The van der Waals surface area contributed by atoms with Gasteiger partial charge in [0.2, 0.25) is 0 Å². The molecule has 0 saturated carbocycles. The maximum Gasteiger partial charge on any atom is 0.0639 e. The highest BCUT2D eigenvalue weighted by molar-refractivity contribution is 5.53. The van der Waals surface area contributed by atoms with Gasteiger partial charge < -0.3 is 20.3 Å². The Morgan fingerprint density at radius 1 is 1.17 bits per heavy atom. The minimum Gasteiger partial charge on any atom is -0.384 e. The van der Waals surface area contributed by atoms with E-state index in [1.54, 1.807) is 0 Å². The van der Waals surface area contributed by atoms with E-state index in [0.717, 1.165) is 37.6 Å². The highest BCUT2D eigenvalue weighted by Gasteiger charge is 1.96. The molecular formula is C13H24N4O. The molecule has 102 valence electrons. The number of hydrogen-bond donors (Lipinski definition) is 2. The lowest BCUT2D eigenvalue weighted by Gasteiger charge is -2.11. The first-order valence-corrected chi connectivity index (χ1v) is 6.37. The number of aromatic nitrogens is 1. The van der Waals surface area contributed by atoms with E-state index in [4.69, 9.17) is 4.74 Å². The van der Waals surface area contributed by atoms with Crippen LogP contribution in [0.2, 0.25) is 0 Å². The van der Waals surface area contributed by atoms with Crippen LogP contribution in [0.5, 0.6) is 0 Å². The third kappa shape index (κ3) is 6.42. The third-order valence-corrected chi connectivity index (χ3v) is 2.38. The molecule has 0 aliphatic rings. The smallest absolute Gasteiger partial charge is 0.0639 e. The number of anilines is 2. The van der Waals surface area contributed by atoms with Crippen molar-refractivity contribution in [1.82, 2.24) is 9.88 Å². The zero-order valence-electron chi connectivity index (χ0n) is 11.6. The molecule has 1 aromatic rings. The number of hydrogen-bond acceptors (Lipinski definition) is 5. The zero-order chi connectivity index (χ0) is 13.2. The van der Waals surface area contributed by atoms with E-state index < -0.39 is 0 Å². The first-order chi connectivity index (χ1) is 8.72. The van der Waals surface area contributed by atoms with Gasteiger partial charge in [-0.2, -0.15) is 0 Å². The van der Waals surface area contributed by atoms with Crippen molar-refractivity contribution in [2.75, 3.05) is 57.6 Å². The largest absolute Gasteiger partial charge is 0.384 e. The summed E-state index contributed by atoms with van der Waals surface area (Å²) in [6.45, 7) is 6.20. The Morgan fingerprint density at radius 3 is 2.56 bits per heavy atom. The van der Waals surface area contributed by atoms with Gasteiger partial charge in [-0.25, -0.2) is 0 Å². The van der Waals surface area contributed by atoms with Crippen molar-refractivity contribution in [3.05, 3.63) is 18.5 Å². The fraction of sp³-hybridized carbons (Fsp3) is 0.615. The lowest BCUT2D eigenvalue weighted by molar-refractivity contribution is 0.126. The maximum atomic E-state index is 5.50. The molecule has 0 aliphatic heterocycles. The second-order valence-corrected chi connectivity index (χ2v) is 4.34. The Bertz CT molecular complexity index is 331. The van der Waals surface area contributed by atoms with Crippen LogP contribution < -0.4 is 10.6 Å². The summed E-state index contributed by atoms with van der Waals surface area (Å²) in [7, 11) is 4.08. The molecule has 5 nitrogen and oxygen atoms in total. The Morgan fingerprint density at radius 2 is 1.89 bits per heavy atom. The molecule has 0 bridgehead atoms. The van der Waals surface area contributed by atoms with Gasteiger partial charge in [0.25, 0.3) is 0 Å². The van der Waals surface area contributed by atoms with Crippen LogP contribution in [0.3, 0.4) is 0 Å². The van der Waals surface area contributed by atoms with Crippen molar-refractivity contribution < 1.29 is 4.74 Å². The molecule has 5 heteroatoms. The first kappa shape index (κ1) is 14.7. The number of nitrogens with one attached hydrogen (secondary N) is 2. The fourth-order valence-corrected chi connectivity index (χ4v) is 1.45. The second-order valence-electron chi connectivity index (χ2n) is 4.34.